The molecule has 1 saturated heterocycles. The van der Waals surface area contributed by atoms with Crippen LogP contribution in [0.4, 0.5) is 5.69 Å². The number of rotatable bonds is 4. The summed E-state index contributed by atoms with van der Waals surface area (Å²) in [5, 5.41) is 2.98. The highest BCUT2D eigenvalue weighted by molar-refractivity contribution is 5.93. The minimum Gasteiger partial charge on any atom is -0.377 e. The Morgan fingerprint density at radius 2 is 2.22 bits per heavy atom. The van der Waals surface area contributed by atoms with Gasteiger partial charge < -0.3 is 15.8 Å². The van der Waals surface area contributed by atoms with Gasteiger partial charge in [-0.3, -0.25) is 4.79 Å². The second-order valence-electron chi connectivity index (χ2n) is 5.04. The average Bonchev–Trinajstić information content (AvgIpc) is 2.29. The predicted molar refractivity (Wildman–Crippen MR) is 71.5 cm³/mol. The molecule has 1 heterocycles. The van der Waals surface area contributed by atoms with Gasteiger partial charge in [0.1, 0.15) is 0 Å². The highest BCUT2D eigenvalue weighted by Gasteiger charge is 2.36. The molecule has 0 bridgehead atoms. The van der Waals surface area contributed by atoms with E-state index in [1.165, 1.54) is 0 Å². The Balaban J connectivity index is 2.06. The zero-order chi connectivity index (χ0) is 13.2. The summed E-state index contributed by atoms with van der Waals surface area (Å²) in [5.41, 5.74) is 8.67. The number of hydrogen-bond acceptors (Lipinski definition) is 3. The summed E-state index contributed by atoms with van der Waals surface area (Å²) in [5.74, 6) is -0.0372. The van der Waals surface area contributed by atoms with E-state index in [1.807, 2.05) is 25.1 Å². The Morgan fingerprint density at radius 1 is 1.50 bits per heavy atom. The number of para-hydroxylation sites is 1. The Bertz CT molecular complexity index is 453. The Labute approximate surface area is 108 Å². The van der Waals surface area contributed by atoms with Crippen LogP contribution in [0.3, 0.4) is 0 Å². The standard InChI is InChI=1S/C14H20N2O2/c1-3-11-6-4-5-10(2)13(11)16-12(17)7-14(15)8-18-9-14/h4-6H,3,7-9,15H2,1-2H3,(H,16,17). The van der Waals surface area contributed by atoms with Crippen LogP contribution >= 0.6 is 0 Å². The zero-order valence-electron chi connectivity index (χ0n) is 11.0. The first-order valence-electron chi connectivity index (χ1n) is 6.29. The molecule has 0 spiro atoms. The molecule has 0 unspecified atom stereocenters. The third-order valence-corrected chi connectivity index (χ3v) is 3.30. The van der Waals surface area contributed by atoms with Crippen molar-refractivity contribution in [3.05, 3.63) is 29.3 Å². The van der Waals surface area contributed by atoms with E-state index < -0.39 is 5.54 Å². The third-order valence-electron chi connectivity index (χ3n) is 3.30. The maximum Gasteiger partial charge on any atom is 0.226 e. The van der Waals surface area contributed by atoms with Gasteiger partial charge in [-0.15, -0.1) is 0 Å². The molecular formula is C14H20N2O2. The predicted octanol–water partition coefficient (Wildman–Crippen LogP) is 1.61. The van der Waals surface area contributed by atoms with Crippen LogP contribution in [0.15, 0.2) is 18.2 Å². The molecule has 1 aliphatic heterocycles. The summed E-state index contributed by atoms with van der Waals surface area (Å²) in [6.07, 6.45) is 1.21. The van der Waals surface area contributed by atoms with E-state index in [4.69, 9.17) is 10.5 Å². The Hall–Kier alpha value is -1.39. The first-order chi connectivity index (χ1) is 8.54. The topological polar surface area (TPSA) is 64.4 Å². The lowest BCUT2D eigenvalue weighted by Crippen LogP contribution is -2.59. The number of hydrogen-bond donors (Lipinski definition) is 2. The van der Waals surface area contributed by atoms with Gasteiger partial charge in [0.05, 0.1) is 18.8 Å². The molecule has 1 aromatic carbocycles. The van der Waals surface area contributed by atoms with E-state index in [9.17, 15) is 4.79 Å². The zero-order valence-corrected chi connectivity index (χ0v) is 11.0. The molecule has 1 aliphatic rings. The number of benzene rings is 1. The molecule has 1 aromatic rings. The van der Waals surface area contributed by atoms with Gasteiger partial charge in [-0.2, -0.15) is 0 Å². The van der Waals surface area contributed by atoms with Crippen molar-refractivity contribution in [2.24, 2.45) is 5.73 Å². The lowest BCUT2D eigenvalue weighted by atomic mass is 9.94. The molecular weight excluding hydrogens is 228 g/mol. The summed E-state index contributed by atoms with van der Waals surface area (Å²) in [6.45, 7) is 5.01. The van der Waals surface area contributed by atoms with Gasteiger partial charge in [-0.1, -0.05) is 25.1 Å². The fraction of sp³-hybridized carbons (Fsp3) is 0.500. The quantitative estimate of drug-likeness (QED) is 0.851. The normalized spacial score (nSPS) is 17.1. The highest BCUT2D eigenvalue weighted by atomic mass is 16.5. The maximum atomic E-state index is 12.0. The lowest BCUT2D eigenvalue weighted by Gasteiger charge is -2.37. The lowest BCUT2D eigenvalue weighted by molar-refractivity contribution is -0.123. The largest absolute Gasteiger partial charge is 0.377 e. The molecule has 3 N–H and O–H groups in total. The van der Waals surface area contributed by atoms with E-state index in [2.05, 4.69) is 12.2 Å². The van der Waals surface area contributed by atoms with Crippen LogP contribution in [0.2, 0.25) is 0 Å². The van der Waals surface area contributed by atoms with Gasteiger partial charge in [0.25, 0.3) is 0 Å². The van der Waals surface area contributed by atoms with Crippen molar-refractivity contribution in [2.45, 2.75) is 32.2 Å². The molecule has 1 amide bonds. The fourth-order valence-electron chi connectivity index (χ4n) is 2.17. The van der Waals surface area contributed by atoms with Gasteiger partial charge in [0.2, 0.25) is 5.91 Å². The van der Waals surface area contributed by atoms with Crippen molar-refractivity contribution >= 4 is 11.6 Å². The summed E-state index contributed by atoms with van der Waals surface area (Å²) in [6, 6.07) is 6.04. The second kappa shape index (κ2) is 5.08. The van der Waals surface area contributed by atoms with E-state index in [0.717, 1.165) is 23.2 Å². The van der Waals surface area contributed by atoms with E-state index in [-0.39, 0.29) is 5.91 Å². The molecule has 0 radical (unpaired) electrons. The minimum absolute atomic E-state index is 0.0372. The molecule has 0 atom stereocenters. The van der Waals surface area contributed by atoms with E-state index in [0.29, 0.717) is 19.6 Å². The average molecular weight is 248 g/mol. The maximum absolute atomic E-state index is 12.0. The summed E-state index contributed by atoms with van der Waals surface area (Å²) in [4.78, 5) is 12.0. The van der Waals surface area contributed by atoms with Gasteiger partial charge >= 0.3 is 0 Å². The third kappa shape index (κ3) is 2.71. The molecule has 4 nitrogen and oxygen atoms in total. The number of nitrogens with two attached hydrogens (primary N) is 1. The van der Waals surface area contributed by atoms with E-state index in [1.54, 1.807) is 0 Å². The van der Waals surface area contributed by atoms with Crippen LogP contribution in [0.1, 0.15) is 24.5 Å². The number of nitrogens with one attached hydrogen (secondary N) is 1. The molecule has 98 valence electrons. The number of ether oxygens (including phenoxy) is 1. The molecule has 0 aromatic heterocycles. The smallest absolute Gasteiger partial charge is 0.226 e. The molecule has 0 saturated carbocycles. The van der Waals surface area contributed by atoms with Crippen molar-refractivity contribution in [3.8, 4) is 0 Å². The molecule has 0 aliphatic carbocycles. The minimum atomic E-state index is -0.473. The summed E-state index contributed by atoms with van der Waals surface area (Å²) in [7, 11) is 0. The summed E-state index contributed by atoms with van der Waals surface area (Å²) < 4.78 is 5.05. The van der Waals surface area contributed by atoms with Crippen LogP contribution in [-0.4, -0.2) is 24.7 Å². The van der Waals surface area contributed by atoms with Crippen molar-refractivity contribution in [3.63, 3.8) is 0 Å². The monoisotopic (exact) mass is 248 g/mol. The SMILES string of the molecule is CCc1cccc(C)c1NC(=O)CC1(N)COC1. The highest BCUT2D eigenvalue weighted by Crippen LogP contribution is 2.23. The number of anilines is 1. The molecule has 4 heteroatoms. The van der Waals surface area contributed by atoms with Crippen LogP contribution in [0, 0.1) is 6.92 Å². The van der Waals surface area contributed by atoms with Gasteiger partial charge in [-0.25, -0.2) is 0 Å². The Morgan fingerprint density at radius 3 is 2.78 bits per heavy atom. The number of amides is 1. The molecule has 2 rings (SSSR count). The summed E-state index contributed by atoms with van der Waals surface area (Å²) >= 11 is 0. The molecule has 18 heavy (non-hydrogen) atoms. The molecule has 1 fully saturated rings. The van der Waals surface area contributed by atoms with Crippen LogP contribution < -0.4 is 11.1 Å². The number of carbonyl (C=O) groups is 1. The number of carbonyl (C=O) groups excluding carboxylic acids is 1. The van der Waals surface area contributed by atoms with Crippen molar-refractivity contribution < 1.29 is 9.53 Å². The first kappa shape index (κ1) is 13.1. The van der Waals surface area contributed by atoms with Crippen molar-refractivity contribution in [1.82, 2.24) is 0 Å². The van der Waals surface area contributed by atoms with Crippen molar-refractivity contribution in [2.75, 3.05) is 18.5 Å². The van der Waals surface area contributed by atoms with Gasteiger partial charge in [0, 0.05) is 12.1 Å². The van der Waals surface area contributed by atoms with E-state index >= 15 is 0 Å². The first-order valence-corrected chi connectivity index (χ1v) is 6.29. The van der Waals surface area contributed by atoms with Crippen LogP contribution in [-0.2, 0) is 16.0 Å². The van der Waals surface area contributed by atoms with Gasteiger partial charge in [0.15, 0.2) is 0 Å². The van der Waals surface area contributed by atoms with Crippen LogP contribution in [0.5, 0.6) is 0 Å². The van der Waals surface area contributed by atoms with Crippen molar-refractivity contribution in [1.29, 1.82) is 0 Å². The number of aryl methyl sites for hydroxylation is 2. The fourth-order valence-corrected chi connectivity index (χ4v) is 2.17. The second-order valence-corrected chi connectivity index (χ2v) is 5.04. The Kier molecular flexibility index (Phi) is 3.68. The van der Waals surface area contributed by atoms with Crippen LogP contribution in [0.25, 0.3) is 0 Å². The van der Waals surface area contributed by atoms with Gasteiger partial charge in [-0.05, 0) is 24.5 Å².